The minimum absolute atomic E-state index is 0.603. The van der Waals surface area contributed by atoms with Gasteiger partial charge < -0.3 is 5.32 Å². The average molecular weight is 283 g/mol. The zero-order valence-corrected chi connectivity index (χ0v) is 11.8. The van der Waals surface area contributed by atoms with E-state index in [1.807, 2.05) is 30.5 Å². The van der Waals surface area contributed by atoms with Crippen LogP contribution in [0.3, 0.4) is 0 Å². The van der Waals surface area contributed by atoms with Crippen LogP contribution in [0.4, 0.5) is 5.82 Å². The van der Waals surface area contributed by atoms with Crippen molar-refractivity contribution in [2.75, 3.05) is 5.32 Å². The molecule has 0 saturated heterocycles. The Morgan fingerprint density at radius 2 is 2.20 bits per heavy atom. The first-order chi connectivity index (χ1) is 9.81. The van der Waals surface area contributed by atoms with Gasteiger partial charge >= 0.3 is 0 Å². The van der Waals surface area contributed by atoms with E-state index in [4.69, 9.17) is 0 Å². The molecule has 0 radical (unpaired) electrons. The van der Waals surface area contributed by atoms with Crippen LogP contribution in [0.2, 0.25) is 0 Å². The molecule has 3 rings (SSSR count). The number of rotatable bonds is 4. The molecule has 0 atom stereocenters. The van der Waals surface area contributed by atoms with Crippen LogP contribution in [0.1, 0.15) is 11.4 Å². The second-order valence-corrected chi connectivity index (χ2v) is 5.22. The largest absolute Gasteiger partial charge is 0.363 e. The van der Waals surface area contributed by atoms with Crippen molar-refractivity contribution in [3.8, 4) is 10.6 Å². The first-order valence-electron chi connectivity index (χ1n) is 6.18. The number of nitrogens with zero attached hydrogens (tertiary/aromatic N) is 4. The summed E-state index contributed by atoms with van der Waals surface area (Å²) in [5.74, 6) is 0.743. The molecular formula is C14H13N5S. The van der Waals surface area contributed by atoms with Gasteiger partial charge in [0, 0.05) is 5.69 Å². The topological polar surface area (TPSA) is 63.6 Å². The molecular weight excluding hydrogens is 270 g/mol. The van der Waals surface area contributed by atoms with Gasteiger partial charge in [-0.3, -0.25) is 4.98 Å². The van der Waals surface area contributed by atoms with Crippen molar-refractivity contribution in [2.24, 2.45) is 0 Å². The Balaban J connectivity index is 1.73. The lowest BCUT2D eigenvalue weighted by Gasteiger charge is -2.06. The second kappa shape index (κ2) is 5.75. The lowest BCUT2D eigenvalue weighted by atomic mass is 10.3. The summed E-state index contributed by atoms with van der Waals surface area (Å²) in [6.07, 6.45) is 5.05. The van der Waals surface area contributed by atoms with Gasteiger partial charge in [0.15, 0.2) is 0 Å². The van der Waals surface area contributed by atoms with Crippen LogP contribution in [-0.2, 0) is 6.54 Å². The molecule has 0 saturated carbocycles. The van der Waals surface area contributed by atoms with Gasteiger partial charge in [-0.2, -0.15) is 0 Å². The molecule has 3 aromatic heterocycles. The van der Waals surface area contributed by atoms with Crippen LogP contribution in [0, 0.1) is 6.92 Å². The van der Waals surface area contributed by atoms with E-state index in [1.54, 1.807) is 30.1 Å². The molecule has 0 aliphatic rings. The highest BCUT2D eigenvalue weighted by atomic mass is 32.1. The van der Waals surface area contributed by atoms with Gasteiger partial charge in [-0.1, -0.05) is 6.07 Å². The minimum Gasteiger partial charge on any atom is -0.363 e. The molecule has 20 heavy (non-hydrogen) atoms. The predicted octanol–water partition coefficient (Wildman–Crippen LogP) is 2.92. The van der Waals surface area contributed by atoms with E-state index in [0.29, 0.717) is 6.54 Å². The van der Waals surface area contributed by atoms with E-state index >= 15 is 0 Å². The fraction of sp³-hybridized carbons (Fsp3) is 0.143. The monoisotopic (exact) mass is 283 g/mol. The van der Waals surface area contributed by atoms with Crippen molar-refractivity contribution >= 4 is 17.2 Å². The van der Waals surface area contributed by atoms with E-state index in [0.717, 1.165) is 27.8 Å². The lowest BCUT2D eigenvalue weighted by Crippen LogP contribution is -2.04. The Kier molecular flexibility index (Phi) is 3.64. The minimum atomic E-state index is 0.603. The van der Waals surface area contributed by atoms with Crippen molar-refractivity contribution in [1.29, 1.82) is 0 Å². The molecule has 100 valence electrons. The number of aryl methyl sites for hydroxylation is 1. The molecule has 0 aliphatic carbocycles. The van der Waals surface area contributed by atoms with Crippen molar-refractivity contribution in [2.45, 2.75) is 13.5 Å². The van der Waals surface area contributed by atoms with Crippen LogP contribution in [-0.4, -0.2) is 19.9 Å². The summed E-state index contributed by atoms with van der Waals surface area (Å²) >= 11 is 1.65. The van der Waals surface area contributed by atoms with Crippen molar-refractivity contribution in [1.82, 2.24) is 19.9 Å². The second-order valence-electron chi connectivity index (χ2n) is 4.27. The Morgan fingerprint density at radius 3 is 3.00 bits per heavy atom. The number of hydrogen-bond acceptors (Lipinski definition) is 6. The third-order valence-electron chi connectivity index (χ3n) is 2.72. The molecule has 3 heterocycles. The van der Waals surface area contributed by atoms with Crippen LogP contribution >= 0.6 is 11.3 Å². The molecule has 0 spiro atoms. The van der Waals surface area contributed by atoms with Crippen molar-refractivity contribution in [3.05, 3.63) is 53.7 Å². The summed E-state index contributed by atoms with van der Waals surface area (Å²) in [4.78, 5) is 18.2. The van der Waals surface area contributed by atoms with Crippen LogP contribution in [0.5, 0.6) is 0 Å². The van der Waals surface area contributed by atoms with Crippen molar-refractivity contribution < 1.29 is 0 Å². The Labute approximate surface area is 120 Å². The van der Waals surface area contributed by atoms with Gasteiger partial charge in [-0.25, -0.2) is 15.0 Å². The highest BCUT2D eigenvalue weighted by molar-refractivity contribution is 7.13. The van der Waals surface area contributed by atoms with Gasteiger partial charge in [-0.15, -0.1) is 11.3 Å². The molecule has 5 nitrogen and oxygen atoms in total. The number of hydrogen-bond donors (Lipinski definition) is 1. The van der Waals surface area contributed by atoms with Gasteiger partial charge in [0.25, 0.3) is 0 Å². The Hall–Kier alpha value is -2.34. The fourth-order valence-corrected chi connectivity index (χ4v) is 2.46. The summed E-state index contributed by atoms with van der Waals surface area (Å²) in [5, 5.41) is 5.26. The number of nitrogens with one attached hydrogen (secondary N) is 1. The first-order valence-corrected chi connectivity index (χ1v) is 7.06. The predicted molar refractivity (Wildman–Crippen MR) is 79.4 cm³/mol. The number of anilines is 1. The van der Waals surface area contributed by atoms with Crippen LogP contribution in [0.15, 0.2) is 42.3 Å². The summed E-state index contributed by atoms with van der Waals surface area (Å²) < 4.78 is 0. The smallest absolute Gasteiger partial charge is 0.145 e. The quantitative estimate of drug-likeness (QED) is 0.797. The molecule has 3 aromatic rings. The average Bonchev–Trinajstić information content (AvgIpc) is 3.00. The summed E-state index contributed by atoms with van der Waals surface area (Å²) in [6.45, 7) is 2.55. The third-order valence-corrected chi connectivity index (χ3v) is 3.61. The molecule has 6 heteroatoms. The number of thiophene rings is 1. The molecule has 0 unspecified atom stereocenters. The summed E-state index contributed by atoms with van der Waals surface area (Å²) in [5.41, 5.74) is 2.76. The van der Waals surface area contributed by atoms with Gasteiger partial charge in [0.1, 0.15) is 17.8 Å². The van der Waals surface area contributed by atoms with E-state index in [2.05, 4.69) is 25.3 Å². The lowest BCUT2D eigenvalue weighted by molar-refractivity contribution is 0.972. The third kappa shape index (κ3) is 2.97. The van der Waals surface area contributed by atoms with E-state index in [9.17, 15) is 0 Å². The Bertz CT molecular complexity index is 696. The highest BCUT2D eigenvalue weighted by Gasteiger charge is 2.03. The van der Waals surface area contributed by atoms with Crippen LogP contribution < -0.4 is 5.32 Å². The highest BCUT2D eigenvalue weighted by Crippen LogP contribution is 2.22. The zero-order valence-electron chi connectivity index (χ0n) is 10.9. The SMILES string of the molecule is Cc1cc(CNc2cncc(-c3cccs3)n2)ncn1. The van der Waals surface area contributed by atoms with Gasteiger partial charge in [0.2, 0.25) is 0 Å². The van der Waals surface area contributed by atoms with Crippen molar-refractivity contribution in [3.63, 3.8) is 0 Å². The van der Waals surface area contributed by atoms with Crippen LogP contribution in [0.25, 0.3) is 10.6 Å². The molecule has 0 amide bonds. The molecule has 0 bridgehead atoms. The number of aromatic nitrogens is 4. The first kappa shape index (κ1) is 12.7. The maximum Gasteiger partial charge on any atom is 0.145 e. The summed E-state index contributed by atoms with van der Waals surface area (Å²) in [7, 11) is 0. The van der Waals surface area contributed by atoms with E-state index in [1.165, 1.54) is 0 Å². The standard InChI is InChI=1S/C14H13N5S/c1-10-5-11(18-9-17-10)6-16-14-8-15-7-12(19-14)13-3-2-4-20-13/h2-5,7-9H,6H2,1H3,(H,16,19). The maximum absolute atomic E-state index is 4.55. The molecule has 0 fully saturated rings. The molecule has 0 aromatic carbocycles. The normalized spacial score (nSPS) is 10.4. The molecule has 0 aliphatic heterocycles. The molecule has 1 N–H and O–H groups in total. The van der Waals surface area contributed by atoms with Gasteiger partial charge in [0.05, 0.1) is 29.5 Å². The van der Waals surface area contributed by atoms with E-state index < -0.39 is 0 Å². The van der Waals surface area contributed by atoms with E-state index in [-0.39, 0.29) is 0 Å². The van der Waals surface area contributed by atoms with Gasteiger partial charge in [-0.05, 0) is 24.4 Å². The maximum atomic E-state index is 4.55. The Morgan fingerprint density at radius 1 is 1.25 bits per heavy atom. The zero-order chi connectivity index (χ0) is 13.8. The fourth-order valence-electron chi connectivity index (χ4n) is 1.78. The summed E-state index contributed by atoms with van der Waals surface area (Å²) in [6, 6.07) is 5.99.